The molecule has 5 nitrogen and oxygen atoms in total. The van der Waals surface area contributed by atoms with Crippen LogP contribution in [0, 0.1) is 0 Å². The summed E-state index contributed by atoms with van der Waals surface area (Å²) in [6.07, 6.45) is 2.04. The number of methoxy groups -OCH3 is 1. The van der Waals surface area contributed by atoms with E-state index in [2.05, 4.69) is 4.98 Å². The second-order valence-electron chi connectivity index (χ2n) is 5.89. The molecule has 0 N–H and O–H groups in total. The molecule has 0 unspecified atom stereocenters. The Balaban J connectivity index is 1.97. The second kappa shape index (κ2) is 8.85. The Hall–Kier alpha value is -3.34. The molecule has 0 aliphatic rings. The lowest BCUT2D eigenvalue weighted by atomic mass is 10.2. The van der Waals surface area contributed by atoms with Gasteiger partial charge >= 0.3 is 0 Å². The molecule has 0 bridgehead atoms. The molecule has 0 aliphatic carbocycles. The van der Waals surface area contributed by atoms with Gasteiger partial charge in [0.15, 0.2) is 5.75 Å². The molecular formula is C22H22N2O3. The van der Waals surface area contributed by atoms with Gasteiger partial charge in [-0.05, 0) is 30.3 Å². The van der Waals surface area contributed by atoms with Crippen LogP contribution in [0.15, 0.2) is 72.9 Å². The quantitative estimate of drug-likeness (QED) is 0.604. The first-order valence-corrected chi connectivity index (χ1v) is 8.83. The largest absolute Gasteiger partial charge is 0.481 e. The lowest BCUT2D eigenvalue weighted by molar-refractivity contribution is -0.118. The highest BCUT2D eigenvalue weighted by Crippen LogP contribution is 2.34. The van der Waals surface area contributed by atoms with Gasteiger partial charge < -0.3 is 14.4 Å². The van der Waals surface area contributed by atoms with Crippen LogP contribution in [0.4, 0.5) is 5.69 Å². The molecule has 0 fully saturated rings. The van der Waals surface area contributed by atoms with Crippen LogP contribution in [0.25, 0.3) is 0 Å². The van der Waals surface area contributed by atoms with Crippen LogP contribution in [0.3, 0.4) is 0 Å². The van der Waals surface area contributed by atoms with Gasteiger partial charge in [0, 0.05) is 18.2 Å². The topological polar surface area (TPSA) is 51.7 Å². The highest BCUT2D eigenvalue weighted by Gasteiger charge is 2.20. The number of ether oxygens (including phenoxy) is 2. The number of aromatic nitrogens is 1. The van der Waals surface area contributed by atoms with Crippen molar-refractivity contribution in [1.82, 2.24) is 4.98 Å². The van der Waals surface area contributed by atoms with Crippen LogP contribution in [-0.2, 0) is 11.3 Å². The molecule has 0 radical (unpaired) electrons. The first-order chi connectivity index (χ1) is 13.2. The number of benzene rings is 2. The Bertz CT molecular complexity index is 897. The Kier molecular flexibility index (Phi) is 6.05. The number of hydrogen-bond donors (Lipinski definition) is 0. The van der Waals surface area contributed by atoms with E-state index in [0.29, 0.717) is 36.0 Å². The monoisotopic (exact) mass is 362 g/mol. The molecule has 138 valence electrons. The van der Waals surface area contributed by atoms with Crippen LogP contribution in [0.2, 0.25) is 0 Å². The van der Waals surface area contributed by atoms with Crippen molar-refractivity contribution in [2.24, 2.45) is 0 Å². The van der Waals surface area contributed by atoms with Crippen molar-refractivity contribution in [3.05, 3.63) is 78.5 Å². The van der Waals surface area contributed by atoms with Gasteiger partial charge in [0.25, 0.3) is 0 Å². The lowest BCUT2D eigenvalue weighted by Gasteiger charge is -2.25. The predicted octanol–water partition coefficient (Wildman–Crippen LogP) is 4.83. The van der Waals surface area contributed by atoms with Gasteiger partial charge in [-0.25, -0.2) is 4.98 Å². The molecule has 1 amide bonds. The van der Waals surface area contributed by atoms with E-state index in [1.807, 2.05) is 73.7 Å². The maximum atomic E-state index is 12.7. The maximum absolute atomic E-state index is 12.7. The van der Waals surface area contributed by atoms with Gasteiger partial charge in [0.05, 0.1) is 19.3 Å². The normalized spacial score (nSPS) is 10.3. The fourth-order valence-corrected chi connectivity index (χ4v) is 2.78. The van der Waals surface area contributed by atoms with Crippen molar-refractivity contribution in [1.29, 1.82) is 0 Å². The van der Waals surface area contributed by atoms with Gasteiger partial charge in [-0.2, -0.15) is 0 Å². The minimum Gasteiger partial charge on any atom is -0.481 e. The van der Waals surface area contributed by atoms with E-state index in [1.54, 1.807) is 18.2 Å². The van der Waals surface area contributed by atoms with E-state index < -0.39 is 0 Å². The van der Waals surface area contributed by atoms with Crippen molar-refractivity contribution in [2.75, 3.05) is 12.0 Å². The van der Waals surface area contributed by atoms with Crippen molar-refractivity contribution in [3.8, 4) is 17.4 Å². The molecule has 3 rings (SSSR count). The van der Waals surface area contributed by atoms with Gasteiger partial charge in [-0.15, -0.1) is 0 Å². The fourth-order valence-electron chi connectivity index (χ4n) is 2.78. The maximum Gasteiger partial charge on any atom is 0.227 e. The number of carbonyl (C=O) groups is 1. The summed E-state index contributed by atoms with van der Waals surface area (Å²) < 4.78 is 11.4. The Morgan fingerprint density at radius 2 is 1.74 bits per heavy atom. The van der Waals surface area contributed by atoms with Crippen LogP contribution < -0.4 is 14.4 Å². The summed E-state index contributed by atoms with van der Waals surface area (Å²) in [6, 6.07) is 20.8. The van der Waals surface area contributed by atoms with Crippen molar-refractivity contribution < 1.29 is 14.3 Å². The number of amides is 1. The first-order valence-electron chi connectivity index (χ1n) is 8.83. The van der Waals surface area contributed by atoms with E-state index in [0.717, 1.165) is 5.56 Å². The standard InChI is InChI=1S/C22H22N2O3/c1-3-21(25)24(16-17-10-9-15-23-22(17)26-2)19-13-7-8-14-20(19)27-18-11-5-4-6-12-18/h4-15H,3,16H2,1-2H3. The highest BCUT2D eigenvalue weighted by molar-refractivity contribution is 5.94. The Labute approximate surface area is 159 Å². The van der Waals surface area contributed by atoms with Crippen LogP contribution in [-0.4, -0.2) is 18.0 Å². The second-order valence-corrected chi connectivity index (χ2v) is 5.89. The molecule has 0 saturated carbocycles. The SMILES string of the molecule is CCC(=O)N(Cc1cccnc1OC)c1ccccc1Oc1ccccc1. The van der Waals surface area contributed by atoms with Crippen molar-refractivity contribution in [3.63, 3.8) is 0 Å². The average Bonchev–Trinajstić information content (AvgIpc) is 2.73. The fraction of sp³-hybridized carbons (Fsp3) is 0.182. The van der Waals surface area contributed by atoms with E-state index in [-0.39, 0.29) is 5.91 Å². The number of rotatable bonds is 7. The minimum atomic E-state index is -0.00924. The summed E-state index contributed by atoms with van der Waals surface area (Å²) in [4.78, 5) is 18.7. The third-order valence-corrected chi connectivity index (χ3v) is 4.10. The summed E-state index contributed by atoms with van der Waals surface area (Å²) in [5.74, 6) is 1.83. The molecule has 5 heteroatoms. The zero-order valence-corrected chi connectivity index (χ0v) is 15.5. The molecule has 0 aliphatic heterocycles. The molecule has 2 aromatic carbocycles. The zero-order valence-electron chi connectivity index (χ0n) is 15.5. The first kappa shape index (κ1) is 18.5. The van der Waals surface area contributed by atoms with Crippen LogP contribution in [0.1, 0.15) is 18.9 Å². The molecule has 1 heterocycles. The summed E-state index contributed by atoms with van der Waals surface area (Å²) >= 11 is 0. The molecule has 27 heavy (non-hydrogen) atoms. The van der Waals surface area contributed by atoms with Crippen molar-refractivity contribution >= 4 is 11.6 Å². The summed E-state index contributed by atoms with van der Waals surface area (Å²) in [7, 11) is 1.57. The number of anilines is 1. The van der Waals surface area contributed by atoms with Gasteiger partial charge in [-0.3, -0.25) is 4.79 Å². The number of nitrogens with zero attached hydrogens (tertiary/aromatic N) is 2. The van der Waals surface area contributed by atoms with E-state index >= 15 is 0 Å². The summed E-state index contributed by atoms with van der Waals surface area (Å²) in [5.41, 5.74) is 1.54. The third kappa shape index (κ3) is 4.44. The number of para-hydroxylation sites is 3. The Morgan fingerprint density at radius 3 is 2.48 bits per heavy atom. The van der Waals surface area contributed by atoms with Crippen molar-refractivity contribution in [2.45, 2.75) is 19.9 Å². The molecular weight excluding hydrogens is 340 g/mol. The molecule has 0 saturated heterocycles. The minimum absolute atomic E-state index is 0.00924. The van der Waals surface area contributed by atoms with Gasteiger partial charge in [-0.1, -0.05) is 43.3 Å². The highest BCUT2D eigenvalue weighted by atomic mass is 16.5. The number of carbonyl (C=O) groups excluding carboxylic acids is 1. The van der Waals surface area contributed by atoms with E-state index in [9.17, 15) is 4.79 Å². The van der Waals surface area contributed by atoms with E-state index in [4.69, 9.17) is 9.47 Å². The molecule has 1 aromatic heterocycles. The molecule has 0 atom stereocenters. The third-order valence-electron chi connectivity index (χ3n) is 4.10. The average molecular weight is 362 g/mol. The number of pyridine rings is 1. The summed E-state index contributed by atoms with van der Waals surface area (Å²) in [6.45, 7) is 2.19. The smallest absolute Gasteiger partial charge is 0.227 e. The van der Waals surface area contributed by atoms with Crippen LogP contribution >= 0.6 is 0 Å². The predicted molar refractivity (Wildman–Crippen MR) is 105 cm³/mol. The Morgan fingerprint density at radius 1 is 1.00 bits per heavy atom. The molecule has 0 spiro atoms. The lowest BCUT2D eigenvalue weighted by Crippen LogP contribution is -2.30. The van der Waals surface area contributed by atoms with Gasteiger partial charge in [0.2, 0.25) is 11.8 Å². The molecule has 3 aromatic rings. The zero-order chi connectivity index (χ0) is 19.1. The van der Waals surface area contributed by atoms with Crippen LogP contribution in [0.5, 0.6) is 17.4 Å². The van der Waals surface area contributed by atoms with E-state index in [1.165, 1.54) is 0 Å². The summed E-state index contributed by atoms with van der Waals surface area (Å²) in [5, 5.41) is 0. The number of hydrogen-bond acceptors (Lipinski definition) is 4. The van der Waals surface area contributed by atoms with Gasteiger partial charge in [0.1, 0.15) is 5.75 Å².